The van der Waals surface area contributed by atoms with E-state index in [-0.39, 0.29) is 0 Å². The smallest absolute Gasteiger partial charge is 0.0540 e. The standard InChI is InChI=1S/C14H15NS/c1-9(2)15-11(4)14-10(3)12-7-5-6-8-13(12)16-14/h5-8,15H,1,4H2,2-3H3. The van der Waals surface area contributed by atoms with Crippen molar-refractivity contribution in [3.8, 4) is 0 Å². The van der Waals surface area contributed by atoms with Crippen molar-refractivity contribution < 1.29 is 0 Å². The molecule has 0 aliphatic heterocycles. The van der Waals surface area contributed by atoms with Crippen molar-refractivity contribution in [2.45, 2.75) is 13.8 Å². The number of fused-ring (bicyclic) bond motifs is 1. The van der Waals surface area contributed by atoms with Gasteiger partial charge in [-0.15, -0.1) is 11.3 Å². The summed E-state index contributed by atoms with van der Waals surface area (Å²) in [6.45, 7) is 12.0. The van der Waals surface area contributed by atoms with E-state index in [4.69, 9.17) is 0 Å². The molecule has 1 aromatic carbocycles. The lowest BCUT2D eigenvalue weighted by atomic mass is 10.1. The van der Waals surface area contributed by atoms with Gasteiger partial charge < -0.3 is 5.32 Å². The fourth-order valence-corrected chi connectivity index (χ4v) is 2.91. The number of aryl methyl sites for hydroxylation is 1. The van der Waals surface area contributed by atoms with Gasteiger partial charge in [-0.2, -0.15) is 0 Å². The van der Waals surface area contributed by atoms with Crippen LogP contribution in [0.15, 0.2) is 43.1 Å². The van der Waals surface area contributed by atoms with Crippen molar-refractivity contribution in [3.05, 3.63) is 53.6 Å². The molecule has 0 spiro atoms. The molecule has 16 heavy (non-hydrogen) atoms. The Labute approximate surface area is 100 Å². The molecule has 1 heterocycles. The summed E-state index contributed by atoms with van der Waals surface area (Å²) in [6, 6.07) is 8.43. The summed E-state index contributed by atoms with van der Waals surface area (Å²) in [5, 5.41) is 4.49. The summed E-state index contributed by atoms with van der Waals surface area (Å²) >= 11 is 1.77. The quantitative estimate of drug-likeness (QED) is 0.827. The lowest BCUT2D eigenvalue weighted by Crippen LogP contribution is -2.06. The van der Waals surface area contributed by atoms with Crippen LogP contribution in [0.5, 0.6) is 0 Å². The maximum absolute atomic E-state index is 4.06. The molecule has 1 N–H and O–H groups in total. The van der Waals surface area contributed by atoms with Gasteiger partial charge in [0.05, 0.1) is 4.88 Å². The molecular weight excluding hydrogens is 214 g/mol. The van der Waals surface area contributed by atoms with Crippen LogP contribution in [0.4, 0.5) is 0 Å². The van der Waals surface area contributed by atoms with Gasteiger partial charge in [-0.3, -0.25) is 0 Å². The third-order valence-corrected chi connectivity index (χ3v) is 3.81. The van der Waals surface area contributed by atoms with Crippen molar-refractivity contribution in [1.82, 2.24) is 5.32 Å². The highest BCUT2D eigenvalue weighted by Gasteiger charge is 2.10. The van der Waals surface area contributed by atoms with E-state index in [1.54, 1.807) is 11.3 Å². The molecule has 0 unspecified atom stereocenters. The first-order valence-corrected chi connectivity index (χ1v) is 6.01. The summed E-state index contributed by atoms with van der Waals surface area (Å²) in [5.74, 6) is 0. The Morgan fingerprint density at radius 1 is 1.25 bits per heavy atom. The summed E-state index contributed by atoms with van der Waals surface area (Å²) in [6.07, 6.45) is 0. The molecule has 2 heteroatoms. The Kier molecular flexibility index (Phi) is 2.84. The van der Waals surface area contributed by atoms with Gasteiger partial charge in [0.25, 0.3) is 0 Å². The van der Waals surface area contributed by atoms with E-state index >= 15 is 0 Å². The summed E-state index contributed by atoms with van der Waals surface area (Å²) in [4.78, 5) is 1.21. The second-order valence-electron chi connectivity index (χ2n) is 3.94. The van der Waals surface area contributed by atoms with Crippen LogP contribution < -0.4 is 5.32 Å². The van der Waals surface area contributed by atoms with Gasteiger partial charge >= 0.3 is 0 Å². The number of allylic oxidation sites excluding steroid dienone is 1. The molecular formula is C14H15NS. The Hall–Kier alpha value is -1.54. The lowest BCUT2D eigenvalue weighted by Gasteiger charge is -2.07. The van der Waals surface area contributed by atoms with Gasteiger partial charge in [-0.05, 0) is 30.9 Å². The number of benzene rings is 1. The van der Waals surface area contributed by atoms with E-state index in [1.807, 2.05) is 6.92 Å². The fourth-order valence-electron chi connectivity index (χ4n) is 1.78. The maximum atomic E-state index is 4.06. The van der Waals surface area contributed by atoms with Gasteiger partial charge in [0, 0.05) is 16.1 Å². The first kappa shape index (κ1) is 11.0. The van der Waals surface area contributed by atoms with Gasteiger partial charge in [0.15, 0.2) is 0 Å². The average molecular weight is 229 g/mol. The molecule has 0 amide bonds. The van der Waals surface area contributed by atoms with E-state index in [9.17, 15) is 0 Å². The van der Waals surface area contributed by atoms with Gasteiger partial charge in [0.2, 0.25) is 0 Å². The van der Waals surface area contributed by atoms with Crippen LogP contribution >= 0.6 is 11.3 Å². The normalized spacial score (nSPS) is 10.4. The van der Waals surface area contributed by atoms with Crippen molar-refractivity contribution in [2.75, 3.05) is 0 Å². The predicted octanol–water partition coefficient (Wildman–Crippen LogP) is 4.30. The van der Waals surface area contributed by atoms with E-state index in [0.717, 1.165) is 11.4 Å². The first-order valence-electron chi connectivity index (χ1n) is 5.19. The Bertz CT molecular complexity index is 563. The van der Waals surface area contributed by atoms with E-state index in [2.05, 4.69) is 49.7 Å². The van der Waals surface area contributed by atoms with E-state index < -0.39 is 0 Å². The third-order valence-electron chi connectivity index (χ3n) is 2.48. The number of rotatable bonds is 3. The molecule has 2 aromatic rings. The molecule has 0 saturated carbocycles. The Morgan fingerprint density at radius 3 is 2.56 bits per heavy atom. The van der Waals surface area contributed by atoms with E-state index in [1.165, 1.54) is 20.5 Å². The minimum Gasteiger partial charge on any atom is -0.359 e. The minimum atomic E-state index is 0.918. The zero-order valence-corrected chi connectivity index (χ0v) is 10.4. The molecule has 0 saturated heterocycles. The monoisotopic (exact) mass is 229 g/mol. The molecule has 0 fully saturated rings. The highest BCUT2D eigenvalue weighted by atomic mass is 32.1. The van der Waals surface area contributed by atoms with Crippen molar-refractivity contribution >= 4 is 27.1 Å². The van der Waals surface area contributed by atoms with Gasteiger partial charge in [-0.1, -0.05) is 31.4 Å². The van der Waals surface area contributed by atoms with Crippen LogP contribution in [0.1, 0.15) is 17.4 Å². The van der Waals surface area contributed by atoms with Crippen molar-refractivity contribution in [1.29, 1.82) is 0 Å². The number of thiophene rings is 1. The van der Waals surface area contributed by atoms with Crippen LogP contribution in [0.3, 0.4) is 0 Å². The van der Waals surface area contributed by atoms with Crippen molar-refractivity contribution in [3.63, 3.8) is 0 Å². The molecule has 0 atom stereocenters. The second kappa shape index (κ2) is 4.14. The van der Waals surface area contributed by atoms with Gasteiger partial charge in [-0.25, -0.2) is 0 Å². The van der Waals surface area contributed by atoms with Gasteiger partial charge in [0.1, 0.15) is 0 Å². The lowest BCUT2D eigenvalue weighted by molar-refractivity contribution is 1.10. The predicted molar refractivity (Wildman–Crippen MR) is 73.5 cm³/mol. The van der Waals surface area contributed by atoms with Crippen molar-refractivity contribution in [2.24, 2.45) is 0 Å². The molecule has 0 aliphatic carbocycles. The zero-order valence-electron chi connectivity index (χ0n) is 9.63. The highest BCUT2D eigenvalue weighted by molar-refractivity contribution is 7.20. The largest absolute Gasteiger partial charge is 0.359 e. The maximum Gasteiger partial charge on any atom is 0.0540 e. The van der Waals surface area contributed by atoms with Crippen LogP contribution in [-0.4, -0.2) is 0 Å². The zero-order chi connectivity index (χ0) is 11.7. The minimum absolute atomic E-state index is 0.918. The van der Waals surface area contributed by atoms with Crippen LogP contribution in [-0.2, 0) is 0 Å². The molecule has 0 radical (unpaired) electrons. The molecule has 82 valence electrons. The van der Waals surface area contributed by atoms with Crippen LogP contribution in [0, 0.1) is 6.92 Å². The Morgan fingerprint density at radius 2 is 1.94 bits per heavy atom. The molecule has 1 aromatic heterocycles. The molecule has 1 nitrogen and oxygen atoms in total. The number of hydrogen-bond donors (Lipinski definition) is 1. The topological polar surface area (TPSA) is 12.0 Å². The summed E-state index contributed by atoms with van der Waals surface area (Å²) in [7, 11) is 0. The van der Waals surface area contributed by atoms with E-state index in [0.29, 0.717) is 0 Å². The average Bonchev–Trinajstić information content (AvgIpc) is 2.56. The fraction of sp³-hybridized carbons (Fsp3) is 0.143. The number of nitrogens with one attached hydrogen (secondary N) is 1. The molecule has 0 bridgehead atoms. The highest BCUT2D eigenvalue weighted by Crippen LogP contribution is 2.33. The summed E-state index contributed by atoms with van der Waals surface area (Å²) in [5.41, 5.74) is 3.15. The second-order valence-corrected chi connectivity index (χ2v) is 4.99. The molecule has 0 aliphatic rings. The number of hydrogen-bond acceptors (Lipinski definition) is 2. The van der Waals surface area contributed by atoms with Crippen LogP contribution in [0.25, 0.3) is 15.8 Å². The third kappa shape index (κ3) is 1.89. The van der Waals surface area contributed by atoms with Crippen LogP contribution in [0.2, 0.25) is 0 Å². The summed E-state index contributed by atoms with van der Waals surface area (Å²) < 4.78 is 1.31. The first-order chi connectivity index (χ1) is 7.59. The SMILES string of the molecule is C=C(C)NC(=C)c1sc2ccccc2c1C. The molecule has 2 rings (SSSR count). The Balaban J connectivity index is 2.49.